The lowest BCUT2D eigenvalue weighted by Crippen LogP contribution is -2.04. The average Bonchev–Trinajstić information content (AvgIpc) is 3.19. The van der Waals surface area contributed by atoms with E-state index in [1.807, 2.05) is 41.0 Å². The number of nitrogens with zero attached hydrogens (tertiary/aromatic N) is 4. The maximum atomic E-state index is 6.25. The first-order chi connectivity index (χ1) is 14.6. The van der Waals surface area contributed by atoms with E-state index in [0.29, 0.717) is 44.2 Å². The molecule has 5 nitrogen and oxygen atoms in total. The van der Waals surface area contributed by atoms with Crippen LogP contribution >= 0.6 is 46.6 Å². The van der Waals surface area contributed by atoms with Gasteiger partial charge < -0.3 is 4.74 Å². The fraction of sp³-hybridized carbons (Fsp3) is 0.0952. The zero-order valence-electron chi connectivity index (χ0n) is 15.5. The minimum absolute atomic E-state index is 0.456. The maximum absolute atomic E-state index is 6.25. The summed E-state index contributed by atoms with van der Waals surface area (Å²) in [6.07, 6.45) is 3.46. The van der Waals surface area contributed by atoms with Crippen molar-refractivity contribution in [2.24, 2.45) is 0 Å². The highest BCUT2D eigenvalue weighted by Crippen LogP contribution is 2.31. The summed E-state index contributed by atoms with van der Waals surface area (Å²) in [5, 5.41) is 11.0. The van der Waals surface area contributed by atoms with Crippen molar-refractivity contribution in [2.75, 3.05) is 12.4 Å². The predicted molar refractivity (Wildman–Crippen MR) is 122 cm³/mol. The van der Waals surface area contributed by atoms with Gasteiger partial charge in [0.25, 0.3) is 0 Å². The predicted octanol–water partition coefficient (Wildman–Crippen LogP) is 6.46. The van der Waals surface area contributed by atoms with E-state index in [1.54, 1.807) is 30.6 Å². The summed E-state index contributed by atoms with van der Waals surface area (Å²) < 4.78 is 7.70. The number of hydrogen-bond donors (Lipinski definition) is 0. The number of para-hydroxylation sites is 1. The van der Waals surface area contributed by atoms with Crippen LogP contribution in [-0.2, 0) is 0 Å². The van der Waals surface area contributed by atoms with Crippen molar-refractivity contribution in [2.45, 2.75) is 5.16 Å². The van der Waals surface area contributed by atoms with Crippen LogP contribution in [0.25, 0.3) is 17.1 Å². The summed E-state index contributed by atoms with van der Waals surface area (Å²) in [6.45, 7) is 0.463. The lowest BCUT2D eigenvalue weighted by atomic mass is 10.2. The molecule has 9 heteroatoms. The number of thioether (sulfide) groups is 1. The lowest BCUT2D eigenvalue weighted by Gasteiger charge is -2.12. The Morgan fingerprint density at radius 3 is 2.53 bits per heavy atom. The van der Waals surface area contributed by atoms with Crippen LogP contribution in [0.4, 0.5) is 0 Å². The second kappa shape index (κ2) is 9.71. The minimum Gasteiger partial charge on any atom is -0.491 e. The molecule has 2 heterocycles. The van der Waals surface area contributed by atoms with Crippen LogP contribution in [0, 0.1) is 0 Å². The molecule has 0 spiro atoms. The molecular weight excluding hydrogens is 463 g/mol. The number of aromatic nitrogens is 4. The van der Waals surface area contributed by atoms with Crippen LogP contribution in [0.3, 0.4) is 0 Å². The van der Waals surface area contributed by atoms with E-state index in [4.69, 9.17) is 39.5 Å². The molecule has 0 bridgehead atoms. The Kier molecular flexibility index (Phi) is 6.79. The fourth-order valence-electron chi connectivity index (χ4n) is 2.75. The monoisotopic (exact) mass is 476 g/mol. The molecule has 2 aromatic heterocycles. The molecule has 0 fully saturated rings. The number of halogens is 3. The molecule has 0 saturated heterocycles. The second-order valence-electron chi connectivity index (χ2n) is 6.11. The molecule has 152 valence electrons. The van der Waals surface area contributed by atoms with Crippen molar-refractivity contribution in [3.05, 3.63) is 82.1 Å². The Morgan fingerprint density at radius 2 is 1.77 bits per heavy atom. The van der Waals surface area contributed by atoms with Gasteiger partial charge in [0.1, 0.15) is 5.75 Å². The molecule has 0 aliphatic carbocycles. The molecule has 0 amide bonds. The van der Waals surface area contributed by atoms with E-state index in [1.165, 1.54) is 11.8 Å². The van der Waals surface area contributed by atoms with Gasteiger partial charge in [-0.05, 0) is 42.5 Å². The van der Waals surface area contributed by atoms with Crippen LogP contribution in [0.15, 0.2) is 72.1 Å². The number of hydrogen-bond acceptors (Lipinski definition) is 5. The summed E-state index contributed by atoms with van der Waals surface area (Å²) in [6, 6.07) is 16.6. The highest BCUT2D eigenvalue weighted by atomic mass is 35.5. The Morgan fingerprint density at radius 1 is 0.900 bits per heavy atom. The van der Waals surface area contributed by atoms with Gasteiger partial charge in [0.15, 0.2) is 11.0 Å². The number of pyridine rings is 1. The van der Waals surface area contributed by atoms with Crippen LogP contribution in [-0.4, -0.2) is 32.1 Å². The van der Waals surface area contributed by atoms with Crippen LogP contribution in [0.2, 0.25) is 15.1 Å². The third kappa shape index (κ3) is 4.73. The molecule has 0 saturated carbocycles. The minimum atomic E-state index is 0.456. The van der Waals surface area contributed by atoms with E-state index in [-0.39, 0.29) is 0 Å². The van der Waals surface area contributed by atoms with E-state index in [2.05, 4.69) is 15.2 Å². The van der Waals surface area contributed by atoms with Crippen molar-refractivity contribution in [3.8, 4) is 22.8 Å². The van der Waals surface area contributed by atoms with E-state index in [9.17, 15) is 0 Å². The summed E-state index contributed by atoms with van der Waals surface area (Å²) in [5.74, 6) is 1.97. The Hall–Kier alpha value is -2.25. The highest BCUT2D eigenvalue weighted by molar-refractivity contribution is 7.99. The zero-order valence-corrected chi connectivity index (χ0v) is 18.6. The Bertz CT molecular complexity index is 1150. The summed E-state index contributed by atoms with van der Waals surface area (Å²) in [7, 11) is 0. The lowest BCUT2D eigenvalue weighted by molar-refractivity contribution is 0.344. The second-order valence-corrected chi connectivity index (χ2v) is 8.39. The number of ether oxygens (including phenoxy) is 1. The maximum Gasteiger partial charge on any atom is 0.196 e. The molecule has 0 aliphatic rings. The first kappa shape index (κ1) is 21.0. The standard InChI is InChI=1S/C21H15Cl3N4OS/c22-16-8-7-15(12-18(16)24)28-20(14-4-3-9-25-13-14)26-27-21(28)30-11-10-29-19-6-2-1-5-17(19)23/h1-9,12-13H,10-11H2. The van der Waals surface area contributed by atoms with Crippen LogP contribution < -0.4 is 4.74 Å². The third-order valence-electron chi connectivity index (χ3n) is 4.12. The molecule has 2 aromatic carbocycles. The van der Waals surface area contributed by atoms with Gasteiger partial charge in [-0.15, -0.1) is 10.2 Å². The van der Waals surface area contributed by atoms with Gasteiger partial charge in [0.05, 0.1) is 27.4 Å². The first-order valence-electron chi connectivity index (χ1n) is 8.95. The Labute approximate surface area is 193 Å². The number of benzene rings is 2. The van der Waals surface area contributed by atoms with E-state index < -0.39 is 0 Å². The molecular formula is C21H15Cl3N4OS. The average molecular weight is 478 g/mol. The smallest absolute Gasteiger partial charge is 0.196 e. The summed E-state index contributed by atoms with van der Waals surface area (Å²) in [5.41, 5.74) is 1.65. The molecule has 4 aromatic rings. The number of rotatable bonds is 7. The third-order valence-corrected chi connectivity index (χ3v) is 6.07. The van der Waals surface area contributed by atoms with Crippen LogP contribution in [0.5, 0.6) is 5.75 Å². The van der Waals surface area contributed by atoms with Crippen molar-refractivity contribution < 1.29 is 4.74 Å². The normalized spacial score (nSPS) is 10.9. The zero-order chi connectivity index (χ0) is 20.9. The molecule has 4 rings (SSSR count). The van der Waals surface area contributed by atoms with Gasteiger partial charge in [-0.2, -0.15) is 0 Å². The molecule has 0 unspecified atom stereocenters. The molecule has 0 N–H and O–H groups in total. The van der Waals surface area contributed by atoms with E-state index in [0.717, 1.165) is 11.3 Å². The van der Waals surface area contributed by atoms with Crippen molar-refractivity contribution >= 4 is 46.6 Å². The van der Waals surface area contributed by atoms with Crippen LogP contribution in [0.1, 0.15) is 0 Å². The van der Waals surface area contributed by atoms with Gasteiger partial charge in [-0.3, -0.25) is 9.55 Å². The van der Waals surface area contributed by atoms with E-state index >= 15 is 0 Å². The van der Waals surface area contributed by atoms with Gasteiger partial charge in [0, 0.05) is 23.7 Å². The van der Waals surface area contributed by atoms with Gasteiger partial charge in [-0.1, -0.05) is 58.7 Å². The quantitative estimate of drug-likeness (QED) is 0.226. The molecule has 0 aliphatic heterocycles. The van der Waals surface area contributed by atoms with Crippen molar-refractivity contribution in [3.63, 3.8) is 0 Å². The van der Waals surface area contributed by atoms with Gasteiger partial charge >= 0.3 is 0 Å². The Balaban J connectivity index is 1.59. The topological polar surface area (TPSA) is 52.8 Å². The molecule has 30 heavy (non-hydrogen) atoms. The first-order valence-corrected chi connectivity index (χ1v) is 11.1. The van der Waals surface area contributed by atoms with Gasteiger partial charge in [0.2, 0.25) is 0 Å². The summed E-state index contributed by atoms with van der Waals surface area (Å²) >= 11 is 20.0. The highest BCUT2D eigenvalue weighted by Gasteiger charge is 2.17. The van der Waals surface area contributed by atoms with Gasteiger partial charge in [-0.25, -0.2) is 0 Å². The SMILES string of the molecule is Clc1ccc(-n2c(SCCOc3ccccc3Cl)nnc2-c2cccnc2)cc1Cl. The van der Waals surface area contributed by atoms with Crippen molar-refractivity contribution in [1.82, 2.24) is 19.7 Å². The van der Waals surface area contributed by atoms with Crippen molar-refractivity contribution in [1.29, 1.82) is 0 Å². The summed E-state index contributed by atoms with van der Waals surface area (Å²) in [4.78, 5) is 4.19. The molecule has 0 atom stereocenters. The largest absolute Gasteiger partial charge is 0.491 e. The fourth-order valence-corrected chi connectivity index (χ4v) is 4.00. The molecule has 0 radical (unpaired) electrons.